The fourth-order valence-electron chi connectivity index (χ4n) is 5.66. The quantitative estimate of drug-likeness (QED) is 0.213. The van der Waals surface area contributed by atoms with Gasteiger partial charge in [0.25, 0.3) is 10.0 Å². The first-order chi connectivity index (χ1) is 22.8. The minimum atomic E-state index is -4.13. The molecular formula is C37H46N4O5S2. The van der Waals surface area contributed by atoms with E-state index in [1.54, 1.807) is 18.2 Å². The van der Waals surface area contributed by atoms with E-state index in [4.69, 9.17) is 9.72 Å². The molecule has 1 aliphatic heterocycles. The second kappa shape index (κ2) is 15.1. The maximum absolute atomic E-state index is 13.7. The topological polar surface area (TPSA) is 119 Å². The highest BCUT2D eigenvalue weighted by Gasteiger charge is 2.22. The van der Waals surface area contributed by atoms with Gasteiger partial charge >= 0.3 is 0 Å². The summed E-state index contributed by atoms with van der Waals surface area (Å²) in [6, 6.07) is 24.5. The minimum absolute atomic E-state index is 0.0499. The Balaban J connectivity index is 1.55. The molecule has 1 aliphatic rings. The van der Waals surface area contributed by atoms with Crippen LogP contribution in [0, 0.1) is 5.41 Å². The molecule has 0 aliphatic carbocycles. The maximum Gasteiger partial charge on any atom is 0.280 e. The van der Waals surface area contributed by atoms with E-state index in [0.29, 0.717) is 24.7 Å². The van der Waals surface area contributed by atoms with Crippen LogP contribution in [0.25, 0.3) is 22.4 Å². The lowest BCUT2D eigenvalue weighted by molar-refractivity contribution is 0.243. The summed E-state index contributed by atoms with van der Waals surface area (Å²) >= 11 is 0. The van der Waals surface area contributed by atoms with Crippen LogP contribution in [0.2, 0.25) is 0 Å². The molecule has 48 heavy (non-hydrogen) atoms. The standard InChI is InChI=1S/C37H46N4O5S2/c1-37(2,3)22-25-46-30-16-11-15-29(27-30)32-20-21-33-38-36(32)31-17-9-8-14-28(31)13-7-5-6-10-23-41(24-26-47(4,42)43)34-18-12-19-35(39-34)48(44,45)40-33/h8-9,11-12,14-21,27H,5-7,10,13,22-26H2,1-4H3,(H,38,40). The van der Waals surface area contributed by atoms with Crippen molar-refractivity contribution >= 4 is 31.5 Å². The van der Waals surface area contributed by atoms with Crippen molar-refractivity contribution < 1.29 is 21.6 Å². The Hall–Kier alpha value is -3.96. The Labute approximate surface area is 285 Å². The molecule has 0 amide bonds. The molecule has 9 nitrogen and oxygen atoms in total. The Kier molecular flexibility index (Phi) is 11.1. The SMILES string of the molecule is CC(C)(C)CCOc1cccc(-c2ccc3nc2-c2ccccc2CCCCCCN(CCS(C)(=O)=O)c2cccc(n2)S(=O)(=O)N3)c1. The van der Waals surface area contributed by atoms with Gasteiger partial charge in [0.1, 0.15) is 27.2 Å². The van der Waals surface area contributed by atoms with Gasteiger partial charge in [0, 0.05) is 30.5 Å². The monoisotopic (exact) mass is 690 g/mol. The predicted molar refractivity (Wildman–Crippen MR) is 194 cm³/mol. The first kappa shape index (κ1) is 35.3. The summed E-state index contributed by atoms with van der Waals surface area (Å²) in [5, 5.41) is -0.165. The number of benzene rings is 2. The van der Waals surface area contributed by atoms with Crippen LogP contribution in [-0.4, -0.2) is 58.5 Å². The lowest BCUT2D eigenvalue weighted by Crippen LogP contribution is -2.31. The zero-order valence-electron chi connectivity index (χ0n) is 28.3. The number of aromatic nitrogens is 2. The molecule has 4 aromatic rings. The number of nitrogens with zero attached hydrogens (tertiary/aromatic N) is 3. The maximum atomic E-state index is 13.7. The van der Waals surface area contributed by atoms with Gasteiger partial charge in [0.2, 0.25) is 0 Å². The Bertz CT molecular complexity index is 1940. The van der Waals surface area contributed by atoms with Gasteiger partial charge < -0.3 is 9.64 Å². The number of rotatable bonds is 7. The predicted octanol–water partition coefficient (Wildman–Crippen LogP) is 7.39. The van der Waals surface area contributed by atoms with Crippen molar-refractivity contribution in [3.05, 3.63) is 84.4 Å². The fourth-order valence-corrected chi connectivity index (χ4v) is 7.18. The molecule has 2 aromatic carbocycles. The molecule has 0 saturated heterocycles. The van der Waals surface area contributed by atoms with E-state index in [9.17, 15) is 16.8 Å². The van der Waals surface area contributed by atoms with Crippen molar-refractivity contribution in [1.82, 2.24) is 9.97 Å². The van der Waals surface area contributed by atoms with Crippen molar-refractivity contribution in [2.24, 2.45) is 5.41 Å². The van der Waals surface area contributed by atoms with Crippen LogP contribution in [0.3, 0.4) is 0 Å². The largest absolute Gasteiger partial charge is 0.494 e. The van der Waals surface area contributed by atoms with Crippen LogP contribution >= 0.6 is 0 Å². The lowest BCUT2D eigenvalue weighted by Gasteiger charge is -2.24. The molecule has 0 unspecified atom stereocenters. The van der Waals surface area contributed by atoms with Gasteiger partial charge in [-0.2, -0.15) is 8.42 Å². The number of sulfonamides is 1. The van der Waals surface area contributed by atoms with E-state index in [2.05, 4.69) is 36.5 Å². The van der Waals surface area contributed by atoms with E-state index in [1.165, 1.54) is 12.3 Å². The summed E-state index contributed by atoms with van der Waals surface area (Å²) in [4.78, 5) is 11.3. The minimum Gasteiger partial charge on any atom is -0.494 e. The molecule has 0 saturated carbocycles. The molecule has 5 rings (SSSR count). The average Bonchev–Trinajstić information content (AvgIpc) is 3.03. The summed E-state index contributed by atoms with van der Waals surface area (Å²) < 4.78 is 60.2. The second-order valence-corrected chi connectivity index (χ2v) is 17.5. The summed E-state index contributed by atoms with van der Waals surface area (Å²) in [5.74, 6) is 1.31. The molecule has 0 spiro atoms. The van der Waals surface area contributed by atoms with Gasteiger partial charge in [0.15, 0.2) is 5.03 Å². The number of aryl methyl sites for hydroxylation is 1. The van der Waals surface area contributed by atoms with E-state index < -0.39 is 19.9 Å². The van der Waals surface area contributed by atoms with Gasteiger partial charge in [-0.15, -0.1) is 0 Å². The molecule has 256 valence electrons. The normalized spacial score (nSPS) is 15.5. The van der Waals surface area contributed by atoms with Crippen molar-refractivity contribution in [2.45, 2.75) is 64.3 Å². The summed E-state index contributed by atoms with van der Waals surface area (Å²) in [6.07, 6.45) is 6.68. The molecule has 0 atom stereocenters. The summed E-state index contributed by atoms with van der Waals surface area (Å²) in [7, 11) is -7.35. The highest BCUT2D eigenvalue weighted by Crippen LogP contribution is 2.36. The second-order valence-electron chi connectivity index (χ2n) is 13.7. The Morgan fingerprint density at radius 3 is 2.44 bits per heavy atom. The van der Waals surface area contributed by atoms with Crippen LogP contribution < -0.4 is 14.4 Å². The molecule has 2 aromatic heterocycles. The third-order valence-corrected chi connectivity index (χ3v) is 10.5. The van der Waals surface area contributed by atoms with Crippen LogP contribution in [0.5, 0.6) is 5.75 Å². The first-order valence-electron chi connectivity index (χ1n) is 16.5. The van der Waals surface area contributed by atoms with Crippen molar-refractivity contribution in [1.29, 1.82) is 0 Å². The zero-order valence-corrected chi connectivity index (χ0v) is 29.9. The highest BCUT2D eigenvalue weighted by molar-refractivity contribution is 7.92. The lowest BCUT2D eigenvalue weighted by atomic mass is 9.93. The third-order valence-electron chi connectivity index (χ3n) is 8.34. The molecule has 11 heteroatoms. The molecule has 1 N–H and O–H groups in total. The Morgan fingerprint density at radius 2 is 1.65 bits per heavy atom. The molecular weight excluding hydrogens is 645 g/mol. The number of hydrogen-bond acceptors (Lipinski definition) is 8. The van der Waals surface area contributed by atoms with Crippen molar-refractivity contribution in [3.63, 3.8) is 0 Å². The van der Waals surface area contributed by atoms with Gasteiger partial charge in [0.05, 0.1) is 18.1 Å². The molecule has 0 fully saturated rings. The average molecular weight is 691 g/mol. The summed E-state index contributed by atoms with van der Waals surface area (Å²) in [6.45, 7) is 7.97. The van der Waals surface area contributed by atoms with E-state index >= 15 is 0 Å². The number of ether oxygens (including phenoxy) is 1. The van der Waals surface area contributed by atoms with E-state index in [1.807, 2.05) is 53.4 Å². The molecule has 0 radical (unpaired) electrons. The van der Waals surface area contributed by atoms with E-state index in [-0.39, 0.29) is 28.6 Å². The number of fused-ring (bicyclic) bond motifs is 6. The van der Waals surface area contributed by atoms with Gasteiger partial charge in [-0.1, -0.05) is 76.1 Å². The van der Waals surface area contributed by atoms with Crippen LogP contribution in [0.4, 0.5) is 11.6 Å². The van der Waals surface area contributed by atoms with Crippen LogP contribution in [0.15, 0.2) is 83.9 Å². The zero-order chi connectivity index (χ0) is 34.4. The van der Waals surface area contributed by atoms with Crippen molar-refractivity contribution in [2.75, 3.05) is 41.3 Å². The number of pyridine rings is 2. The number of hydrogen-bond donors (Lipinski definition) is 1. The van der Waals surface area contributed by atoms with Crippen LogP contribution in [0.1, 0.15) is 58.4 Å². The van der Waals surface area contributed by atoms with Gasteiger partial charge in [-0.25, -0.2) is 18.4 Å². The Morgan fingerprint density at radius 1 is 0.875 bits per heavy atom. The number of sulfone groups is 1. The highest BCUT2D eigenvalue weighted by atomic mass is 32.2. The molecule has 4 bridgehead atoms. The molecule has 3 heterocycles. The number of nitrogens with one attached hydrogen (secondary N) is 1. The van der Waals surface area contributed by atoms with Crippen molar-refractivity contribution in [3.8, 4) is 28.1 Å². The summed E-state index contributed by atoms with van der Waals surface area (Å²) in [5.41, 5.74) is 4.71. The first-order valence-corrected chi connectivity index (χ1v) is 20.1. The van der Waals surface area contributed by atoms with Gasteiger partial charge in [-0.05, 0) is 78.6 Å². The number of anilines is 2. The van der Waals surface area contributed by atoms with Gasteiger partial charge in [-0.3, -0.25) is 4.72 Å². The van der Waals surface area contributed by atoms with Crippen LogP contribution in [-0.2, 0) is 26.3 Å². The smallest absolute Gasteiger partial charge is 0.280 e. The third kappa shape index (κ3) is 9.79. The fraction of sp³-hybridized carbons (Fsp3) is 0.405. The van der Waals surface area contributed by atoms with E-state index in [0.717, 1.165) is 66.5 Å².